The maximum absolute atomic E-state index is 11.8. The molecule has 2 aromatic carbocycles. The zero-order chi connectivity index (χ0) is 17.1. The number of methoxy groups -OCH3 is 1. The Hall–Kier alpha value is -2.51. The van der Waals surface area contributed by atoms with E-state index in [0.29, 0.717) is 36.0 Å². The van der Waals surface area contributed by atoms with Crippen molar-refractivity contribution in [3.63, 3.8) is 0 Å². The second-order valence-electron chi connectivity index (χ2n) is 5.21. The zero-order valence-electron chi connectivity index (χ0n) is 13.4. The fourth-order valence-electron chi connectivity index (χ4n) is 2.53. The Morgan fingerprint density at radius 1 is 1.25 bits per heavy atom. The fraction of sp³-hybridized carbons (Fsp3) is 0.235. The quantitative estimate of drug-likeness (QED) is 0.667. The molecule has 7 heteroatoms. The Morgan fingerprint density at radius 2 is 2.00 bits per heavy atom. The van der Waals surface area contributed by atoms with Gasteiger partial charge < -0.3 is 23.9 Å². The predicted molar refractivity (Wildman–Crippen MR) is 87.9 cm³/mol. The lowest BCUT2D eigenvalue weighted by atomic mass is 9.80. The van der Waals surface area contributed by atoms with Crippen LogP contribution < -0.4 is 14.9 Å². The minimum Gasteiger partial charge on any atom is -0.493 e. The van der Waals surface area contributed by atoms with Gasteiger partial charge in [-0.15, -0.1) is 0 Å². The van der Waals surface area contributed by atoms with Crippen molar-refractivity contribution in [3.8, 4) is 17.2 Å². The molecule has 0 unspecified atom stereocenters. The third-order valence-corrected chi connectivity index (χ3v) is 3.67. The van der Waals surface area contributed by atoms with E-state index >= 15 is 0 Å². The number of esters is 1. The van der Waals surface area contributed by atoms with Gasteiger partial charge in [0.05, 0.1) is 20.3 Å². The SMILES string of the molecule is CCOc1cc(Oc2ccc3c(c2)COB3O)ccc1C(=O)OC. The van der Waals surface area contributed by atoms with Gasteiger partial charge in [-0.05, 0) is 42.2 Å². The van der Waals surface area contributed by atoms with Gasteiger partial charge in [-0.1, -0.05) is 6.07 Å². The molecule has 3 rings (SSSR count). The average molecular weight is 328 g/mol. The van der Waals surface area contributed by atoms with Crippen LogP contribution in [0.15, 0.2) is 36.4 Å². The number of benzene rings is 2. The van der Waals surface area contributed by atoms with Crippen LogP contribution in [0.25, 0.3) is 0 Å². The highest BCUT2D eigenvalue weighted by molar-refractivity contribution is 6.61. The second kappa shape index (κ2) is 6.94. The van der Waals surface area contributed by atoms with Crippen molar-refractivity contribution in [1.82, 2.24) is 0 Å². The number of fused-ring (bicyclic) bond motifs is 1. The highest BCUT2D eigenvalue weighted by Crippen LogP contribution is 2.30. The van der Waals surface area contributed by atoms with Crippen LogP contribution in [0.2, 0.25) is 0 Å². The Kier molecular flexibility index (Phi) is 4.73. The number of hydrogen-bond acceptors (Lipinski definition) is 6. The zero-order valence-corrected chi connectivity index (χ0v) is 13.4. The molecule has 1 aliphatic rings. The summed E-state index contributed by atoms with van der Waals surface area (Å²) in [6, 6.07) is 10.3. The number of carbonyl (C=O) groups is 1. The van der Waals surface area contributed by atoms with Gasteiger partial charge in [-0.25, -0.2) is 4.79 Å². The number of ether oxygens (including phenoxy) is 3. The molecule has 2 aromatic rings. The topological polar surface area (TPSA) is 74.2 Å². The Labute approximate surface area is 140 Å². The molecule has 0 amide bonds. The van der Waals surface area contributed by atoms with E-state index in [-0.39, 0.29) is 0 Å². The molecule has 124 valence electrons. The largest absolute Gasteiger partial charge is 0.493 e. The first-order chi connectivity index (χ1) is 11.6. The smallest absolute Gasteiger partial charge is 0.491 e. The van der Waals surface area contributed by atoms with E-state index in [1.54, 1.807) is 30.3 Å². The average Bonchev–Trinajstić information content (AvgIpc) is 2.95. The highest BCUT2D eigenvalue weighted by atomic mass is 16.5. The molecule has 0 aromatic heterocycles. The standard InChI is InChI=1S/C17H17BO6/c1-3-22-16-9-13(4-6-14(16)17(19)21-2)24-12-5-7-15-11(8-12)10-23-18(15)20/h4-9,20H,3,10H2,1-2H3. The van der Waals surface area contributed by atoms with Gasteiger partial charge >= 0.3 is 13.1 Å². The van der Waals surface area contributed by atoms with Gasteiger partial charge in [0.15, 0.2) is 0 Å². The van der Waals surface area contributed by atoms with E-state index in [4.69, 9.17) is 18.9 Å². The van der Waals surface area contributed by atoms with Crippen molar-refractivity contribution in [2.75, 3.05) is 13.7 Å². The van der Waals surface area contributed by atoms with Crippen molar-refractivity contribution in [1.29, 1.82) is 0 Å². The molecule has 1 heterocycles. The molecular weight excluding hydrogens is 311 g/mol. The summed E-state index contributed by atoms with van der Waals surface area (Å²) in [6.45, 7) is 2.60. The molecule has 0 saturated carbocycles. The van der Waals surface area contributed by atoms with Crippen molar-refractivity contribution in [3.05, 3.63) is 47.5 Å². The predicted octanol–water partition coefficient (Wildman–Crippen LogP) is 1.88. The van der Waals surface area contributed by atoms with Crippen LogP contribution in [0.4, 0.5) is 0 Å². The maximum atomic E-state index is 11.8. The molecule has 0 fully saturated rings. The Bertz CT molecular complexity index is 761. The molecule has 0 aliphatic carbocycles. The van der Waals surface area contributed by atoms with Gasteiger partial charge in [0.2, 0.25) is 0 Å². The molecular formula is C17H17BO6. The van der Waals surface area contributed by atoms with E-state index < -0.39 is 13.1 Å². The fourth-order valence-corrected chi connectivity index (χ4v) is 2.53. The summed E-state index contributed by atoms with van der Waals surface area (Å²) in [7, 11) is 0.446. The second-order valence-corrected chi connectivity index (χ2v) is 5.21. The van der Waals surface area contributed by atoms with Crippen LogP contribution in [0.5, 0.6) is 17.2 Å². The minimum absolute atomic E-state index is 0.345. The summed E-state index contributed by atoms with van der Waals surface area (Å²) in [5.41, 5.74) is 1.98. The van der Waals surface area contributed by atoms with E-state index in [1.165, 1.54) is 7.11 Å². The van der Waals surface area contributed by atoms with Crippen LogP contribution >= 0.6 is 0 Å². The lowest BCUT2D eigenvalue weighted by Crippen LogP contribution is -2.27. The third kappa shape index (κ3) is 3.22. The lowest BCUT2D eigenvalue weighted by molar-refractivity contribution is 0.0596. The molecule has 0 saturated heterocycles. The molecule has 1 aliphatic heterocycles. The van der Waals surface area contributed by atoms with Crippen molar-refractivity contribution < 1.29 is 28.7 Å². The van der Waals surface area contributed by atoms with Gasteiger partial charge in [0, 0.05) is 6.07 Å². The maximum Gasteiger partial charge on any atom is 0.491 e. The number of carbonyl (C=O) groups excluding carboxylic acids is 1. The normalized spacial score (nSPS) is 12.7. The Balaban J connectivity index is 1.85. The molecule has 24 heavy (non-hydrogen) atoms. The first-order valence-electron chi connectivity index (χ1n) is 7.58. The highest BCUT2D eigenvalue weighted by Gasteiger charge is 2.27. The molecule has 0 bridgehead atoms. The molecule has 0 spiro atoms. The molecule has 6 nitrogen and oxygen atoms in total. The first-order valence-corrected chi connectivity index (χ1v) is 7.58. The van der Waals surface area contributed by atoms with Crippen LogP contribution in [-0.2, 0) is 16.0 Å². The van der Waals surface area contributed by atoms with Crippen LogP contribution in [0, 0.1) is 0 Å². The Morgan fingerprint density at radius 3 is 2.75 bits per heavy atom. The van der Waals surface area contributed by atoms with Crippen molar-refractivity contribution in [2.24, 2.45) is 0 Å². The minimum atomic E-state index is -0.877. The van der Waals surface area contributed by atoms with Gasteiger partial charge in [0.1, 0.15) is 22.8 Å². The van der Waals surface area contributed by atoms with Crippen LogP contribution in [-0.4, -0.2) is 31.8 Å². The van der Waals surface area contributed by atoms with E-state index in [0.717, 1.165) is 11.0 Å². The van der Waals surface area contributed by atoms with Gasteiger partial charge in [-0.2, -0.15) is 0 Å². The molecule has 0 atom stereocenters. The van der Waals surface area contributed by atoms with Crippen molar-refractivity contribution >= 4 is 18.6 Å². The summed E-state index contributed by atoms with van der Waals surface area (Å²) < 4.78 is 21.2. The monoisotopic (exact) mass is 328 g/mol. The lowest BCUT2D eigenvalue weighted by Gasteiger charge is -2.12. The summed E-state index contributed by atoms with van der Waals surface area (Å²) >= 11 is 0. The summed E-state index contributed by atoms with van der Waals surface area (Å²) in [5, 5.41) is 9.64. The van der Waals surface area contributed by atoms with E-state index in [2.05, 4.69) is 0 Å². The third-order valence-electron chi connectivity index (χ3n) is 3.67. The number of hydrogen-bond donors (Lipinski definition) is 1. The summed E-state index contributed by atoms with van der Waals surface area (Å²) in [5.74, 6) is 1.08. The van der Waals surface area contributed by atoms with Gasteiger partial charge in [0.25, 0.3) is 0 Å². The van der Waals surface area contributed by atoms with Gasteiger partial charge in [-0.3, -0.25) is 0 Å². The molecule has 0 radical (unpaired) electrons. The summed E-state index contributed by atoms with van der Waals surface area (Å²) in [6.07, 6.45) is 0. The summed E-state index contributed by atoms with van der Waals surface area (Å²) in [4.78, 5) is 11.8. The van der Waals surface area contributed by atoms with Crippen LogP contribution in [0.3, 0.4) is 0 Å². The van der Waals surface area contributed by atoms with E-state index in [9.17, 15) is 9.82 Å². The van der Waals surface area contributed by atoms with Crippen molar-refractivity contribution in [2.45, 2.75) is 13.5 Å². The number of rotatable bonds is 5. The first kappa shape index (κ1) is 16.4. The molecule has 1 N–H and O–H groups in total. The van der Waals surface area contributed by atoms with E-state index in [1.807, 2.05) is 13.0 Å². The van der Waals surface area contributed by atoms with Crippen LogP contribution in [0.1, 0.15) is 22.8 Å².